The first-order valence-corrected chi connectivity index (χ1v) is 5.90. The van der Waals surface area contributed by atoms with Crippen LogP contribution in [-0.4, -0.2) is 5.91 Å². The molecule has 0 atom stereocenters. The molecule has 0 heterocycles. The van der Waals surface area contributed by atoms with Crippen LogP contribution < -0.4 is 5.32 Å². The van der Waals surface area contributed by atoms with Gasteiger partial charge in [0, 0.05) is 13.0 Å². The highest BCUT2D eigenvalue weighted by atomic mass is 16.1. The molecule has 1 rings (SSSR count). The largest absolute Gasteiger partial charge is 0.352 e. The van der Waals surface area contributed by atoms with E-state index in [1.54, 1.807) is 0 Å². The number of aryl methyl sites for hydroxylation is 1. The van der Waals surface area contributed by atoms with E-state index in [1.807, 2.05) is 6.92 Å². The van der Waals surface area contributed by atoms with Gasteiger partial charge in [-0.25, -0.2) is 0 Å². The van der Waals surface area contributed by atoms with Gasteiger partial charge in [0.15, 0.2) is 0 Å². The summed E-state index contributed by atoms with van der Waals surface area (Å²) < 4.78 is 0. The summed E-state index contributed by atoms with van der Waals surface area (Å²) in [6.45, 7) is 9.01. The molecule has 0 aliphatic heterocycles. The Balaban J connectivity index is 2.75. The minimum absolute atomic E-state index is 0.103. The number of carbonyl (C=O) groups is 1. The van der Waals surface area contributed by atoms with Crippen molar-refractivity contribution in [1.29, 1.82) is 0 Å². The van der Waals surface area contributed by atoms with Gasteiger partial charge in [-0.1, -0.05) is 39.0 Å². The topological polar surface area (TPSA) is 29.1 Å². The summed E-state index contributed by atoms with van der Waals surface area (Å²) in [6.07, 6.45) is 0.545. The quantitative estimate of drug-likeness (QED) is 0.828. The lowest BCUT2D eigenvalue weighted by Gasteiger charge is -2.12. The van der Waals surface area contributed by atoms with E-state index in [2.05, 4.69) is 44.3 Å². The molecule has 0 aromatic heterocycles. The number of carbonyl (C=O) groups excluding carboxylic acids is 1. The van der Waals surface area contributed by atoms with E-state index in [-0.39, 0.29) is 5.91 Å². The van der Waals surface area contributed by atoms with Gasteiger partial charge in [0.05, 0.1) is 0 Å². The molecule has 0 aliphatic carbocycles. The highest BCUT2D eigenvalue weighted by Gasteiger charge is 2.05. The second-order valence-corrected chi connectivity index (χ2v) is 4.48. The van der Waals surface area contributed by atoms with Crippen molar-refractivity contribution in [3.63, 3.8) is 0 Å². The predicted molar refractivity (Wildman–Crippen MR) is 67.4 cm³/mol. The standard InChI is InChI=1S/C14H21NO/c1-5-14(16)15-9-12-7-6-11(4)13(8-12)10(2)3/h6-8,10H,5,9H2,1-4H3,(H,15,16). The maximum atomic E-state index is 11.2. The van der Waals surface area contributed by atoms with Crippen molar-refractivity contribution in [2.75, 3.05) is 0 Å². The monoisotopic (exact) mass is 219 g/mol. The van der Waals surface area contributed by atoms with Gasteiger partial charge < -0.3 is 5.32 Å². The molecule has 2 nitrogen and oxygen atoms in total. The van der Waals surface area contributed by atoms with Crippen LogP contribution in [0, 0.1) is 6.92 Å². The number of rotatable bonds is 4. The summed E-state index contributed by atoms with van der Waals surface area (Å²) in [6, 6.07) is 6.40. The summed E-state index contributed by atoms with van der Waals surface area (Å²) in [4.78, 5) is 11.2. The molecule has 1 N–H and O–H groups in total. The van der Waals surface area contributed by atoms with Crippen LogP contribution in [0.3, 0.4) is 0 Å². The Labute approximate surface area is 98.1 Å². The van der Waals surface area contributed by atoms with Crippen LogP contribution in [0.2, 0.25) is 0 Å². The highest BCUT2D eigenvalue weighted by molar-refractivity contribution is 5.75. The summed E-state index contributed by atoms with van der Waals surface area (Å²) >= 11 is 0. The smallest absolute Gasteiger partial charge is 0.219 e. The van der Waals surface area contributed by atoms with Crippen LogP contribution in [0.5, 0.6) is 0 Å². The Morgan fingerprint density at radius 3 is 2.62 bits per heavy atom. The van der Waals surface area contributed by atoms with Crippen LogP contribution in [0.25, 0.3) is 0 Å². The molecular weight excluding hydrogens is 198 g/mol. The van der Waals surface area contributed by atoms with Crippen molar-refractivity contribution in [3.05, 3.63) is 34.9 Å². The first-order valence-electron chi connectivity index (χ1n) is 5.90. The third-order valence-corrected chi connectivity index (χ3v) is 2.78. The SMILES string of the molecule is CCC(=O)NCc1ccc(C)c(C(C)C)c1. The minimum atomic E-state index is 0.103. The molecule has 1 aromatic carbocycles. The summed E-state index contributed by atoms with van der Waals surface area (Å²) in [7, 11) is 0. The minimum Gasteiger partial charge on any atom is -0.352 e. The van der Waals surface area contributed by atoms with Crippen molar-refractivity contribution >= 4 is 5.91 Å². The maximum Gasteiger partial charge on any atom is 0.219 e. The lowest BCUT2D eigenvalue weighted by atomic mass is 9.96. The second kappa shape index (κ2) is 5.69. The van der Waals surface area contributed by atoms with E-state index in [9.17, 15) is 4.79 Å². The molecule has 0 bridgehead atoms. The van der Waals surface area contributed by atoms with E-state index in [4.69, 9.17) is 0 Å². The van der Waals surface area contributed by atoms with E-state index >= 15 is 0 Å². The van der Waals surface area contributed by atoms with E-state index in [0.29, 0.717) is 18.9 Å². The van der Waals surface area contributed by atoms with Gasteiger partial charge in [0.1, 0.15) is 0 Å². The van der Waals surface area contributed by atoms with Gasteiger partial charge in [-0.15, -0.1) is 0 Å². The Hall–Kier alpha value is -1.31. The van der Waals surface area contributed by atoms with Crippen molar-refractivity contribution < 1.29 is 4.79 Å². The van der Waals surface area contributed by atoms with Crippen molar-refractivity contribution in [1.82, 2.24) is 5.32 Å². The zero-order valence-corrected chi connectivity index (χ0v) is 10.6. The molecule has 0 saturated heterocycles. The molecule has 0 aliphatic rings. The molecule has 1 amide bonds. The van der Waals surface area contributed by atoms with Crippen molar-refractivity contribution in [3.8, 4) is 0 Å². The summed E-state index contributed by atoms with van der Waals surface area (Å²) in [5, 5.41) is 2.90. The van der Waals surface area contributed by atoms with Crippen LogP contribution in [0.1, 0.15) is 49.8 Å². The normalized spacial score (nSPS) is 10.6. The van der Waals surface area contributed by atoms with Gasteiger partial charge >= 0.3 is 0 Å². The third kappa shape index (κ3) is 3.37. The lowest BCUT2D eigenvalue weighted by Crippen LogP contribution is -2.21. The summed E-state index contributed by atoms with van der Waals surface area (Å²) in [5.74, 6) is 0.633. The van der Waals surface area contributed by atoms with Crippen LogP contribution >= 0.6 is 0 Å². The summed E-state index contributed by atoms with van der Waals surface area (Å²) in [5.41, 5.74) is 3.86. The average molecular weight is 219 g/mol. The Morgan fingerprint density at radius 2 is 2.06 bits per heavy atom. The van der Waals surface area contributed by atoms with Gasteiger partial charge in [-0.05, 0) is 29.5 Å². The number of amides is 1. The average Bonchev–Trinajstić information content (AvgIpc) is 2.27. The van der Waals surface area contributed by atoms with Crippen LogP contribution in [0.4, 0.5) is 0 Å². The number of hydrogen-bond donors (Lipinski definition) is 1. The van der Waals surface area contributed by atoms with E-state index < -0.39 is 0 Å². The van der Waals surface area contributed by atoms with Gasteiger partial charge in [-0.3, -0.25) is 4.79 Å². The zero-order chi connectivity index (χ0) is 12.1. The molecule has 0 saturated carbocycles. The number of hydrogen-bond acceptors (Lipinski definition) is 1. The third-order valence-electron chi connectivity index (χ3n) is 2.78. The lowest BCUT2D eigenvalue weighted by molar-refractivity contribution is -0.120. The van der Waals surface area contributed by atoms with Gasteiger partial charge in [-0.2, -0.15) is 0 Å². The molecule has 88 valence electrons. The fourth-order valence-corrected chi connectivity index (χ4v) is 1.75. The number of nitrogens with one attached hydrogen (secondary N) is 1. The van der Waals surface area contributed by atoms with Gasteiger partial charge in [0.2, 0.25) is 5.91 Å². The molecule has 0 unspecified atom stereocenters. The Bertz CT molecular complexity index is 369. The van der Waals surface area contributed by atoms with Crippen LogP contribution in [0.15, 0.2) is 18.2 Å². The Morgan fingerprint density at radius 1 is 1.38 bits per heavy atom. The van der Waals surface area contributed by atoms with Gasteiger partial charge in [0.25, 0.3) is 0 Å². The molecule has 0 spiro atoms. The second-order valence-electron chi connectivity index (χ2n) is 4.48. The van der Waals surface area contributed by atoms with Crippen LogP contribution in [-0.2, 0) is 11.3 Å². The molecule has 2 heteroatoms. The Kier molecular flexibility index (Phi) is 4.53. The van der Waals surface area contributed by atoms with Crippen molar-refractivity contribution in [2.24, 2.45) is 0 Å². The molecule has 1 aromatic rings. The molecule has 0 radical (unpaired) electrons. The fourth-order valence-electron chi connectivity index (χ4n) is 1.75. The van der Waals surface area contributed by atoms with E-state index in [1.165, 1.54) is 16.7 Å². The van der Waals surface area contributed by atoms with Crippen molar-refractivity contribution in [2.45, 2.75) is 46.6 Å². The number of benzene rings is 1. The fraction of sp³-hybridized carbons (Fsp3) is 0.500. The van der Waals surface area contributed by atoms with E-state index in [0.717, 1.165) is 0 Å². The predicted octanol–water partition coefficient (Wildman–Crippen LogP) is 3.14. The molecular formula is C14H21NO. The first-order chi connectivity index (χ1) is 7.54. The zero-order valence-electron chi connectivity index (χ0n) is 10.6. The maximum absolute atomic E-state index is 11.2. The molecule has 0 fully saturated rings. The highest BCUT2D eigenvalue weighted by Crippen LogP contribution is 2.20. The first kappa shape index (κ1) is 12.8. The molecule has 16 heavy (non-hydrogen) atoms.